The van der Waals surface area contributed by atoms with Gasteiger partial charge in [0.2, 0.25) is 0 Å². The van der Waals surface area contributed by atoms with E-state index in [4.69, 9.17) is 10.9 Å². The lowest BCUT2D eigenvalue weighted by molar-refractivity contribution is 0.286. The SMILES string of the molecule is CCCn1ncnc1CN(CC)CC(N)=NO. The van der Waals surface area contributed by atoms with Gasteiger partial charge in [0.1, 0.15) is 12.2 Å². The summed E-state index contributed by atoms with van der Waals surface area (Å²) in [5.41, 5.74) is 5.49. The van der Waals surface area contributed by atoms with E-state index < -0.39 is 0 Å². The van der Waals surface area contributed by atoms with Crippen molar-refractivity contribution in [2.75, 3.05) is 13.1 Å². The summed E-state index contributed by atoms with van der Waals surface area (Å²) >= 11 is 0. The first-order valence-corrected chi connectivity index (χ1v) is 5.76. The summed E-state index contributed by atoms with van der Waals surface area (Å²) in [6.45, 7) is 6.84. The van der Waals surface area contributed by atoms with Gasteiger partial charge in [0.15, 0.2) is 5.84 Å². The average Bonchev–Trinajstić information content (AvgIpc) is 2.76. The van der Waals surface area contributed by atoms with Crippen molar-refractivity contribution < 1.29 is 5.21 Å². The van der Waals surface area contributed by atoms with Gasteiger partial charge in [-0.25, -0.2) is 9.67 Å². The highest BCUT2D eigenvalue weighted by atomic mass is 16.4. The number of aryl methyl sites for hydroxylation is 1. The summed E-state index contributed by atoms with van der Waals surface area (Å²) in [5, 5.41) is 15.7. The predicted molar refractivity (Wildman–Crippen MR) is 64.7 cm³/mol. The molecule has 0 saturated carbocycles. The Hall–Kier alpha value is -1.63. The van der Waals surface area contributed by atoms with E-state index in [0.717, 1.165) is 25.3 Å². The minimum atomic E-state index is 0.202. The van der Waals surface area contributed by atoms with Crippen LogP contribution in [0.15, 0.2) is 11.5 Å². The molecule has 0 fully saturated rings. The molecule has 1 aromatic rings. The smallest absolute Gasteiger partial charge is 0.153 e. The van der Waals surface area contributed by atoms with Crippen molar-refractivity contribution in [1.82, 2.24) is 19.7 Å². The Bertz CT molecular complexity index is 361. The second-order valence-corrected chi connectivity index (χ2v) is 3.79. The monoisotopic (exact) mass is 240 g/mol. The second kappa shape index (κ2) is 6.85. The van der Waals surface area contributed by atoms with Crippen LogP contribution in [0.3, 0.4) is 0 Å². The number of aromatic nitrogens is 3. The zero-order chi connectivity index (χ0) is 12.7. The third-order valence-electron chi connectivity index (χ3n) is 2.46. The minimum absolute atomic E-state index is 0.202. The van der Waals surface area contributed by atoms with Crippen LogP contribution in [-0.4, -0.2) is 43.8 Å². The highest BCUT2D eigenvalue weighted by Crippen LogP contribution is 2.01. The topological polar surface area (TPSA) is 92.6 Å². The molecule has 1 rings (SSSR count). The number of oxime groups is 1. The van der Waals surface area contributed by atoms with E-state index in [1.165, 1.54) is 0 Å². The summed E-state index contributed by atoms with van der Waals surface area (Å²) in [7, 11) is 0. The summed E-state index contributed by atoms with van der Waals surface area (Å²) in [6.07, 6.45) is 2.57. The van der Waals surface area contributed by atoms with Crippen LogP contribution in [0.4, 0.5) is 0 Å². The van der Waals surface area contributed by atoms with Crippen molar-refractivity contribution in [3.63, 3.8) is 0 Å². The Morgan fingerprint density at radius 3 is 2.94 bits per heavy atom. The van der Waals surface area contributed by atoms with Crippen molar-refractivity contribution in [2.45, 2.75) is 33.4 Å². The van der Waals surface area contributed by atoms with Crippen LogP contribution >= 0.6 is 0 Å². The third-order valence-corrected chi connectivity index (χ3v) is 2.46. The molecule has 7 heteroatoms. The van der Waals surface area contributed by atoms with E-state index in [1.807, 2.05) is 16.5 Å². The molecular formula is C10H20N6O. The molecule has 0 aliphatic rings. The number of amidine groups is 1. The fourth-order valence-electron chi connectivity index (χ4n) is 1.55. The summed E-state index contributed by atoms with van der Waals surface area (Å²) in [4.78, 5) is 6.26. The van der Waals surface area contributed by atoms with Gasteiger partial charge >= 0.3 is 0 Å². The molecule has 1 heterocycles. The molecular weight excluding hydrogens is 220 g/mol. The molecule has 0 radical (unpaired) electrons. The quantitative estimate of drug-likeness (QED) is 0.308. The van der Waals surface area contributed by atoms with Crippen molar-refractivity contribution >= 4 is 5.84 Å². The van der Waals surface area contributed by atoms with Crippen molar-refractivity contribution in [1.29, 1.82) is 0 Å². The molecule has 0 aliphatic heterocycles. The van der Waals surface area contributed by atoms with Crippen LogP contribution in [0.1, 0.15) is 26.1 Å². The first-order valence-electron chi connectivity index (χ1n) is 5.76. The molecule has 0 atom stereocenters. The van der Waals surface area contributed by atoms with E-state index in [9.17, 15) is 0 Å². The Kier molecular flexibility index (Phi) is 5.41. The summed E-state index contributed by atoms with van der Waals surface area (Å²) in [6, 6.07) is 0. The summed E-state index contributed by atoms with van der Waals surface area (Å²) < 4.78 is 1.88. The lowest BCUT2D eigenvalue weighted by Gasteiger charge is -2.18. The van der Waals surface area contributed by atoms with Gasteiger partial charge in [-0.2, -0.15) is 5.10 Å². The van der Waals surface area contributed by atoms with Gasteiger partial charge in [0.25, 0.3) is 0 Å². The van der Waals surface area contributed by atoms with Crippen molar-refractivity contribution in [3.05, 3.63) is 12.2 Å². The van der Waals surface area contributed by atoms with Crippen LogP contribution in [0.5, 0.6) is 0 Å². The maximum absolute atomic E-state index is 8.55. The highest BCUT2D eigenvalue weighted by molar-refractivity contribution is 5.81. The van der Waals surface area contributed by atoms with E-state index in [0.29, 0.717) is 13.1 Å². The number of likely N-dealkylation sites (N-methyl/N-ethyl adjacent to an activating group) is 1. The fourth-order valence-corrected chi connectivity index (χ4v) is 1.55. The normalized spacial score (nSPS) is 12.3. The van der Waals surface area contributed by atoms with E-state index in [-0.39, 0.29) is 5.84 Å². The van der Waals surface area contributed by atoms with Gasteiger partial charge in [-0.15, -0.1) is 0 Å². The molecule has 96 valence electrons. The van der Waals surface area contributed by atoms with Gasteiger partial charge in [-0.05, 0) is 13.0 Å². The minimum Gasteiger partial charge on any atom is -0.409 e. The van der Waals surface area contributed by atoms with Crippen LogP contribution < -0.4 is 5.73 Å². The van der Waals surface area contributed by atoms with Gasteiger partial charge < -0.3 is 10.9 Å². The van der Waals surface area contributed by atoms with Gasteiger partial charge in [0, 0.05) is 6.54 Å². The Labute approximate surface area is 101 Å². The van der Waals surface area contributed by atoms with Crippen LogP contribution in [0.2, 0.25) is 0 Å². The first kappa shape index (κ1) is 13.4. The lowest BCUT2D eigenvalue weighted by Crippen LogP contribution is -2.34. The highest BCUT2D eigenvalue weighted by Gasteiger charge is 2.10. The largest absolute Gasteiger partial charge is 0.409 e. The Morgan fingerprint density at radius 1 is 1.59 bits per heavy atom. The molecule has 0 aliphatic carbocycles. The Balaban J connectivity index is 2.63. The van der Waals surface area contributed by atoms with Crippen LogP contribution in [0.25, 0.3) is 0 Å². The number of nitrogens with two attached hydrogens (primary N) is 1. The molecule has 7 nitrogen and oxygen atoms in total. The standard InChI is InChI=1S/C10H20N6O/c1-3-5-16-10(12-8-13-16)7-15(4-2)6-9(11)14-17/h8,17H,3-7H2,1-2H3,(H2,11,14). The van der Waals surface area contributed by atoms with E-state index >= 15 is 0 Å². The predicted octanol–water partition coefficient (Wildman–Crippen LogP) is 0.256. The molecule has 0 bridgehead atoms. The maximum atomic E-state index is 8.55. The average molecular weight is 240 g/mol. The Morgan fingerprint density at radius 2 is 2.35 bits per heavy atom. The number of nitrogens with zero attached hydrogens (tertiary/aromatic N) is 5. The zero-order valence-electron chi connectivity index (χ0n) is 10.4. The molecule has 0 aromatic carbocycles. The number of rotatable bonds is 7. The zero-order valence-corrected chi connectivity index (χ0v) is 10.4. The van der Waals surface area contributed by atoms with Crippen LogP contribution in [-0.2, 0) is 13.1 Å². The van der Waals surface area contributed by atoms with Gasteiger partial charge in [-0.1, -0.05) is 19.0 Å². The molecule has 17 heavy (non-hydrogen) atoms. The molecule has 0 saturated heterocycles. The molecule has 0 unspecified atom stereocenters. The molecule has 0 amide bonds. The number of hydrogen-bond donors (Lipinski definition) is 2. The first-order chi connectivity index (χ1) is 8.21. The molecule has 1 aromatic heterocycles. The van der Waals surface area contributed by atoms with Crippen molar-refractivity contribution in [2.24, 2.45) is 10.9 Å². The van der Waals surface area contributed by atoms with E-state index in [1.54, 1.807) is 6.33 Å². The van der Waals surface area contributed by atoms with Gasteiger partial charge in [-0.3, -0.25) is 4.90 Å². The number of hydrogen-bond acceptors (Lipinski definition) is 5. The molecule has 3 N–H and O–H groups in total. The van der Waals surface area contributed by atoms with Crippen LogP contribution in [0, 0.1) is 0 Å². The fraction of sp³-hybridized carbons (Fsp3) is 0.700. The maximum Gasteiger partial charge on any atom is 0.153 e. The second-order valence-electron chi connectivity index (χ2n) is 3.79. The lowest BCUT2D eigenvalue weighted by atomic mass is 10.4. The summed E-state index contributed by atoms with van der Waals surface area (Å²) in [5.74, 6) is 1.10. The third kappa shape index (κ3) is 4.03. The molecule has 0 spiro atoms. The van der Waals surface area contributed by atoms with Crippen molar-refractivity contribution in [3.8, 4) is 0 Å². The van der Waals surface area contributed by atoms with Gasteiger partial charge in [0.05, 0.1) is 13.1 Å². The van der Waals surface area contributed by atoms with E-state index in [2.05, 4.69) is 22.2 Å².